The molecule has 0 spiro atoms. The second-order valence-corrected chi connectivity index (χ2v) is 7.14. The number of furan rings is 1. The van der Waals surface area contributed by atoms with E-state index in [-0.39, 0.29) is 16.9 Å². The molecule has 0 aliphatic heterocycles. The van der Waals surface area contributed by atoms with Crippen LogP contribution in [0.5, 0.6) is 0 Å². The zero-order chi connectivity index (χ0) is 19.3. The summed E-state index contributed by atoms with van der Waals surface area (Å²) >= 11 is 0. The van der Waals surface area contributed by atoms with Crippen LogP contribution in [0.2, 0.25) is 0 Å². The molecule has 0 aliphatic carbocycles. The molecule has 2 N–H and O–H groups in total. The number of halogens is 3. The monoisotopic (exact) mass is 383 g/mol. The molecule has 136 valence electrons. The maximum Gasteiger partial charge on any atom is 0.417 e. The highest BCUT2D eigenvalue weighted by atomic mass is 32.2. The van der Waals surface area contributed by atoms with Crippen LogP contribution >= 0.6 is 0 Å². The van der Waals surface area contributed by atoms with E-state index in [4.69, 9.17) is 9.56 Å². The van der Waals surface area contributed by atoms with Crippen molar-refractivity contribution in [3.05, 3.63) is 64.9 Å². The number of para-hydroxylation sites is 1. The zero-order valence-corrected chi connectivity index (χ0v) is 14.1. The number of ketones is 1. The van der Waals surface area contributed by atoms with Crippen molar-refractivity contribution in [1.82, 2.24) is 0 Å². The van der Waals surface area contributed by atoms with E-state index in [2.05, 4.69) is 0 Å². The summed E-state index contributed by atoms with van der Waals surface area (Å²) in [5, 5.41) is 5.38. The van der Waals surface area contributed by atoms with Crippen molar-refractivity contribution >= 4 is 26.8 Å². The van der Waals surface area contributed by atoms with E-state index >= 15 is 0 Å². The average molecular weight is 383 g/mol. The third-order valence-electron chi connectivity index (χ3n) is 3.85. The normalized spacial score (nSPS) is 12.5. The Morgan fingerprint density at radius 3 is 2.38 bits per heavy atom. The second-order valence-electron chi connectivity index (χ2n) is 5.61. The highest BCUT2D eigenvalue weighted by molar-refractivity contribution is 7.89. The Morgan fingerprint density at radius 2 is 1.77 bits per heavy atom. The van der Waals surface area contributed by atoms with Gasteiger partial charge in [0.1, 0.15) is 11.3 Å². The summed E-state index contributed by atoms with van der Waals surface area (Å²) in [6.45, 7) is 1.54. The fourth-order valence-corrected chi connectivity index (χ4v) is 3.51. The van der Waals surface area contributed by atoms with Crippen LogP contribution in [0, 0.1) is 6.92 Å². The Labute approximate surface area is 146 Å². The van der Waals surface area contributed by atoms with Gasteiger partial charge in [-0.2, -0.15) is 13.2 Å². The van der Waals surface area contributed by atoms with Gasteiger partial charge in [0.05, 0.1) is 16.0 Å². The highest BCUT2D eigenvalue weighted by Crippen LogP contribution is 2.35. The Balaban J connectivity index is 2.21. The van der Waals surface area contributed by atoms with Gasteiger partial charge in [-0.3, -0.25) is 4.79 Å². The number of rotatable bonds is 3. The third kappa shape index (κ3) is 3.11. The predicted octanol–water partition coefficient (Wildman–Crippen LogP) is 3.64. The quantitative estimate of drug-likeness (QED) is 0.699. The molecule has 0 saturated heterocycles. The van der Waals surface area contributed by atoms with Crippen molar-refractivity contribution < 1.29 is 30.8 Å². The van der Waals surface area contributed by atoms with E-state index in [9.17, 15) is 26.4 Å². The number of primary sulfonamides is 1. The lowest BCUT2D eigenvalue weighted by Gasteiger charge is -2.12. The van der Waals surface area contributed by atoms with E-state index in [0.717, 1.165) is 6.07 Å². The first-order chi connectivity index (χ1) is 12.0. The van der Waals surface area contributed by atoms with Crippen LogP contribution in [0.25, 0.3) is 11.0 Å². The molecule has 1 heterocycles. The van der Waals surface area contributed by atoms with E-state index < -0.39 is 32.4 Å². The van der Waals surface area contributed by atoms with Crippen molar-refractivity contribution in [3.8, 4) is 0 Å². The number of carbonyl (C=O) groups excluding carboxylic acids is 1. The van der Waals surface area contributed by atoms with Crippen LogP contribution < -0.4 is 5.14 Å². The first kappa shape index (κ1) is 18.2. The molecule has 9 heteroatoms. The molecule has 0 amide bonds. The van der Waals surface area contributed by atoms with Gasteiger partial charge in [-0.1, -0.05) is 24.3 Å². The van der Waals surface area contributed by atoms with Crippen LogP contribution in [-0.4, -0.2) is 14.2 Å². The minimum absolute atomic E-state index is 0.153. The van der Waals surface area contributed by atoms with Gasteiger partial charge in [0.2, 0.25) is 10.0 Å². The van der Waals surface area contributed by atoms with Gasteiger partial charge in [-0.05, 0) is 25.1 Å². The summed E-state index contributed by atoms with van der Waals surface area (Å²) in [7, 11) is -4.69. The van der Waals surface area contributed by atoms with Crippen LogP contribution in [0.3, 0.4) is 0 Å². The van der Waals surface area contributed by atoms with Crippen molar-refractivity contribution in [2.75, 3.05) is 0 Å². The Bertz CT molecular complexity index is 1130. The molecule has 26 heavy (non-hydrogen) atoms. The molecular formula is C17H12F3NO4S. The maximum absolute atomic E-state index is 13.0. The Hall–Kier alpha value is -2.65. The number of hydrogen-bond acceptors (Lipinski definition) is 4. The molecule has 0 fully saturated rings. The number of fused-ring (bicyclic) bond motifs is 1. The molecule has 5 nitrogen and oxygen atoms in total. The van der Waals surface area contributed by atoms with Gasteiger partial charge in [-0.25, -0.2) is 13.6 Å². The highest BCUT2D eigenvalue weighted by Gasteiger charge is 2.37. The van der Waals surface area contributed by atoms with Gasteiger partial charge in [-0.15, -0.1) is 0 Å². The summed E-state index contributed by atoms with van der Waals surface area (Å²) in [6, 6.07) is 8.74. The van der Waals surface area contributed by atoms with E-state index in [0.29, 0.717) is 23.1 Å². The lowest BCUT2D eigenvalue weighted by molar-refractivity contribution is -0.139. The van der Waals surface area contributed by atoms with Crippen molar-refractivity contribution in [2.24, 2.45) is 5.14 Å². The van der Waals surface area contributed by atoms with Crippen LogP contribution in [0.1, 0.15) is 27.2 Å². The van der Waals surface area contributed by atoms with E-state index in [1.807, 2.05) is 0 Å². The summed E-state index contributed by atoms with van der Waals surface area (Å²) < 4.78 is 67.8. The van der Waals surface area contributed by atoms with E-state index in [1.54, 1.807) is 24.3 Å². The molecule has 3 aromatic rings. The summed E-state index contributed by atoms with van der Waals surface area (Å²) in [6.07, 6.45) is -4.93. The Morgan fingerprint density at radius 1 is 1.12 bits per heavy atom. The molecule has 2 aromatic carbocycles. The van der Waals surface area contributed by atoms with Gasteiger partial charge in [0.25, 0.3) is 0 Å². The molecule has 0 atom stereocenters. The minimum atomic E-state index is -4.93. The topological polar surface area (TPSA) is 90.4 Å². The number of nitrogens with two attached hydrogens (primary N) is 1. The van der Waals surface area contributed by atoms with Gasteiger partial charge in [0, 0.05) is 10.9 Å². The number of benzene rings is 2. The molecule has 0 aliphatic rings. The summed E-state index contributed by atoms with van der Waals surface area (Å²) in [4.78, 5) is 11.7. The van der Waals surface area contributed by atoms with E-state index in [1.165, 1.54) is 6.92 Å². The molecule has 0 bridgehead atoms. The van der Waals surface area contributed by atoms with Crippen molar-refractivity contribution in [1.29, 1.82) is 0 Å². The molecule has 0 saturated carbocycles. The number of hydrogen-bond donors (Lipinski definition) is 1. The SMILES string of the molecule is Cc1oc2ccccc2c1C(=O)c1ccc(C(F)(F)F)c(S(N)(=O)=O)c1. The average Bonchev–Trinajstić information content (AvgIpc) is 2.87. The summed E-state index contributed by atoms with van der Waals surface area (Å²) in [5.74, 6) is -0.390. The fourth-order valence-electron chi connectivity index (χ4n) is 2.73. The number of sulfonamides is 1. The maximum atomic E-state index is 13.0. The predicted molar refractivity (Wildman–Crippen MR) is 87.2 cm³/mol. The molecule has 0 radical (unpaired) electrons. The van der Waals surface area contributed by atoms with Gasteiger partial charge < -0.3 is 4.42 Å². The van der Waals surface area contributed by atoms with Crippen LogP contribution in [-0.2, 0) is 16.2 Å². The molecular weight excluding hydrogens is 371 g/mol. The third-order valence-corrected chi connectivity index (χ3v) is 4.81. The van der Waals surface area contributed by atoms with Gasteiger partial charge >= 0.3 is 6.18 Å². The standard InChI is InChI=1S/C17H12F3NO4S/c1-9-15(11-4-2-3-5-13(11)25-9)16(22)10-6-7-12(17(18,19)20)14(8-10)26(21,23)24/h2-8H,1H3,(H2,21,23,24). The smallest absolute Gasteiger partial charge is 0.417 e. The second kappa shape index (κ2) is 5.96. The van der Waals surface area contributed by atoms with Crippen LogP contribution in [0.4, 0.5) is 13.2 Å². The molecule has 3 rings (SSSR count). The number of aryl methyl sites for hydroxylation is 1. The molecule has 0 unspecified atom stereocenters. The van der Waals surface area contributed by atoms with Crippen LogP contribution in [0.15, 0.2) is 51.8 Å². The lowest BCUT2D eigenvalue weighted by Crippen LogP contribution is -2.20. The van der Waals surface area contributed by atoms with Crippen molar-refractivity contribution in [3.63, 3.8) is 0 Å². The van der Waals surface area contributed by atoms with Crippen molar-refractivity contribution in [2.45, 2.75) is 18.0 Å². The number of carbonyl (C=O) groups is 1. The summed E-state index contributed by atoms with van der Waals surface area (Å²) in [5.41, 5.74) is -1.07. The fraction of sp³-hybridized carbons (Fsp3) is 0.118. The largest absolute Gasteiger partial charge is 0.461 e. The molecule has 1 aromatic heterocycles. The first-order valence-electron chi connectivity index (χ1n) is 7.27. The number of alkyl halides is 3. The lowest BCUT2D eigenvalue weighted by atomic mass is 9.99. The zero-order valence-electron chi connectivity index (χ0n) is 13.3. The Kier molecular flexibility index (Phi) is 4.16. The first-order valence-corrected chi connectivity index (χ1v) is 8.81. The minimum Gasteiger partial charge on any atom is -0.461 e. The van der Waals surface area contributed by atoms with Gasteiger partial charge in [0.15, 0.2) is 5.78 Å².